The lowest BCUT2D eigenvalue weighted by molar-refractivity contribution is 0.232. The van der Waals surface area contributed by atoms with E-state index in [9.17, 15) is 0 Å². The molecular formula is C28H38N2. The Morgan fingerprint density at radius 3 is 2.27 bits per heavy atom. The van der Waals surface area contributed by atoms with Crippen LogP contribution in [0.5, 0.6) is 0 Å². The third-order valence-corrected chi connectivity index (χ3v) is 6.67. The molecule has 2 heteroatoms. The van der Waals surface area contributed by atoms with Gasteiger partial charge in [-0.1, -0.05) is 94.6 Å². The highest BCUT2D eigenvalue weighted by Gasteiger charge is 2.28. The van der Waals surface area contributed by atoms with Gasteiger partial charge in [0.05, 0.1) is 11.9 Å². The van der Waals surface area contributed by atoms with Gasteiger partial charge in [0, 0.05) is 5.92 Å². The van der Waals surface area contributed by atoms with Crippen LogP contribution in [0.25, 0.3) is 0 Å². The van der Waals surface area contributed by atoms with Gasteiger partial charge in [0.15, 0.2) is 0 Å². The van der Waals surface area contributed by atoms with Crippen molar-refractivity contribution in [1.29, 1.82) is 0 Å². The van der Waals surface area contributed by atoms with Crippen molar-refractivity contribution in [2.45, 2.75) is 72.1 Å². The molecule has 0 aliphatic heterocycles. The zero-order chi connectivity index (χ0) is 21.2. The van der Waals surface area contributed by atoms with Crippen LogP contribution in [0.15, 0.2) is 64.8 Å². The molecule has 1 atom stereocenters. The van der Waals surface area contributed by atoms with Gasteiger partial charge in [-0.3, -0.25) is 0 Å². The van der Waals surface area contributed by atoms with E-state index >= 15 is 0 Å². The van der Waals surface area contributed by atoms with E-state index in [4.69, 9.17) is 5.10 Å². The van der Waals surface area contributed by atoms with Crippen molar-refractivity contribution in [3.05, 3.63) is 71.3 Å². The molecule has 0 aromatic heterocycles. The number of hydrogen-bond acceptors (Lipinski definition) is 2. The fraction of sp³-hybridized carbons (Fsp3) is 0.500. The highest BCUT2D eigenvalue weighted by molar-refractivity contribution is 6.02. The normalized spacial score (nSPS) is 21.1. The summed E-state index contributed by atoms with van der Waals surface area (Å²) in [7, 11) is 0. The van der Waals surface area contributed by atoms with Crippen LogP contribution >= 0.6 is 0 Å². The highest BCUT2D eigenvalue weighted by Crippen LogP contribution is 2.36. The van der Waals surface area contributed by atoms with Crippen molar-refractivity contribution in [2.75, 3.05) is 0 Å². The lowest BCUT2D eigenvalue weighted by atomic mass is 9.73. The van der Waals surface area contributed by atoms with Crippen molar-refractivity contribution in [1.82, 2.24) is 0 Å². The highest BCUT2D eigenvalue weighted by atomic mass is 15.2. The second kappa shape index (κ2) is 11.8. The minimum absolute atomic E-state index is 0.515. The molecule has 0 spiro atoms. The Hall–Kier alpha value is -2.22. The predicted octanol–water partition coefficient (Wildman–Crippen LogP) is 7.70. The molecular weight excluding hydrogens is 364 g/mol. The lowest BCUT2D eigenvalue weighted by Crippen LogP contribution is -2.25. The molecule has 1 saturated carbocycles. The fourth-order valence-corrected chi connectivity index (χ4v) is 4.85. The minimum atomic E-state index is 0.515. The van der Waals surface area contributed by atoms with Crippen molar-refractivity contribution in [3.8, 4) is 0 Å². The summed E-state index contributed by atoms with van der Waals surface area (Å²) in [5.41, 5.74) is 4.88. The van der Waals surface area contributed by atoms with Gasteiger partial charge in [0.2, 0.25) is 0 Å². The predicted molar refractivity (Wildman–Crippen MR) is 131 cm³/mol. The Morgan fingerprint density at radius 1 is 0.933 bits per heavy atom. The first-order valence-corrected chi connectivity index (χ1v) is 12.0. The Kier molecular flexibility index (Phi) is 8.86. The van der Waals surface area contributed by atoms with Crippen LogP contribution in [-0.2, 0) is 6.42 Å². The Labute approximate surface area is 183 Å². The van der Waals surface area contributed by atoms with Gasteiger partial charge in [0.1, 0.15) is 0 Å². The number of benzene rings is 2. The molecule has 0 N–H and O–H groups in total. The summed E-state index contributed by atoms with van der Waals surface area (Å²) >= 11 is 0. The molecule has 30 heavy (non-hydrogen) atoms. The molecule has 0 saturated heterocycles. The molecule has 2 aromatic rings. The average molecular weight is 403 g/mol. The standard InChI is InChI=1S/C28H38N2/c1-4-9-22(3)25-17-19-27(20-18-25)28(26-11-7-6-8-12-26)30-29-21-24-15-13-23(10-5-2)14-16-24/h6-8,11-16,21-22,25,27H,4-5,9-10,17-20H2,1-3H3/t22?,25-,27-. The molecule has 2 nitrogen and oxygen atoms in total. The molecule has 1 fully saturated rings. The van der Waals surface area contributed by atoms with Crippen molar-refractivity contribution in [3.63, 3.8) is 0 Å². The molecule has 0 bridgehead atoms. The molecule has 1 aliphatic carbocycles. The fourth-order valence-electron chi connectivity index (χ4n) is 4.85. The lowest BCUT2D eigenvalue weighted by Gasteiger charge is -2.32. The van der Waals surface area contributed by atoms with Crippen LogP contribution in [0.1, 0.15) is 82.4 Å². The van der Waals surface area contributed by atoms with Crippen LogP contribution in [0.4, 0.5) is 0 Å². The van der Waals surface area contributed by atoms with Gasteiger partial charge < -0.3 is 0 Å². The summed E-state index contributed by atoms with van der Waals surface area (Å²) in [5.74, 6) is 2.24. The number of nitrogens with zero attached hydrogens (tertiary/aromatic N) is 2. The zero-order valence-electron chi connectivity index (χ0n) is 19.1. The third kappa shape index (κ3) is 6.39. The summed E-state index contributed by atoms with van der Waals surface area (Å²) < 4.78 is 0. The van der Waals surface area contributed by atoms with E-state index < -0.39 is 0 Å². The van der Waals surface area contributed by atoms with E-state index in [-0.39, 0.29) is 0 Å². The Bertz CT molecular complexity index is 796. The molecule has 1 aliphatic rings. The summed E-state index contributed by atoms with van der Waals surface area (Å²) in [6.07, 6.45) is 12.0. The second-order valence-corrected chi connectivity index (χ2v) is 8.97. The van der Waals surface area contributed by atoms with Gasteiger partial charge in [-0.05, 0) is 60.6 Å². The van der Waals surface area contributed by atoms with E-state index in [0.29, 0.717) is 5.92 Å². The van der Waals surface area contributed by atoms with Gasteiger partial charge in [-0.15, -0.1) is 0 Å². The smallest absolute Gasteiger partial charge is 0.0733 e. The second-order valence-electron chi connectivity index (χ2n) is 8.97. The summed E-state index contributed by atoms with van der Waals surface area (Å²) in [6.45, 7) is 6.96. The van der Waals surface area contributed by atoms with E-state index in [1.807, 2.05) is 6.21 Å². The number of rotatable bonds is 9. The number of aryl methyl sites for hydroxylation is 1. The molecule has 160 valence electrons. The van der Waals surface area contributed by atoms with Gasteiger partial charge >= 0.3 is 0 Å². The molecule has 2 aromatic carbocycles. The first-order valence-electron chi connectivity index (χ1n) is 12.0. The average Bonchev–Trinajstić information content (AvgIpc) is 2.79. The summed E-state index contributed by atoms with van der Waals surface area (Å²) in [6, 6.07) is 19.3. The maximum absolute atomic E-state index is 4.76. The molecule has 0 heterocycles. The van der Waals surface area contributed by atoms with Crippen LogP contribution in [-0.4, -0.2) is 11.9 Å². The van der Waals surface area contributed by atoms with Crippen LogP contribution in [0.3, 0.4) is 0 Å². The molecule has 3 rings (SSSR count). The summed E-state index contributed by atoms with van der Waals surface area (Å²) in [4.78, 5) is 0. The van der Waals surface area contributed by atoms with Gasteiger partial charge in [-0.2, -0.15) is 10.2 Å². The van der Waals surface area contributed by atoms with E-state index in [1.165, 1.54) is 56.1 Å². The maximum Gasteiger partial charge on any atom is 0.0733 e. The van der Waals surface area contributed by atoms with Crippen LogP contribution < -0.4 is 0 Å². The third-order valence-electron chi connectivity index (χ3n) is 6.67. The Balaban J connectivity index is 1.72. The first kappa shape index (κ1) is 22.5. The monoisotopic (exact) mass is 402 g/mol. The summed E-state index contributed by atoms with van der Waals surface area (Å²) in [5, 5.41) is 9.28. The number of hydrogen-bond donors (Lipinski definition) is 0. The van der Waals surface area contributed by atoms with Crippen molar-refractivity contribution < 1.29 is 0 Å². The molecule has 0 amide bonds. The first-order chi connectivity index (χ1) is 14.7. The molecule has 0 radical (unpaired) electrons. The van der Waals surface area contributed by atoms with Gasteiger partial charge in [0.25, 0.3) is 0 Å². The van der Waals surface area contributed by atoms with Gasteiger partial charge in [-0.25, -0.2) is 0 Å². The SMILES string of the molecule is CCCc1ccc(C=NN=C(c2ccccc2)[C@H]2CC[C@H](C(C)CCC)CC2)cc1. The quantitative estimate of drug-likeness (QED) is 0.303. The maximum atomic E-state index is 4.76. The topological polar surface area (TPSA) is 24.7 Å². The van der Waals surface area contributed by atoms with Crippen LogP contribution in [0, 0.1) is 17.8 Å². The van der Waals surface area contributed by atoms with E-state index in [0.717, 1.165) is 29.5 Å². The molecule has 1 unspecified atom stereocenters. The van der Waals surface area contributed by atoms with Crippen molar-refractivity contribution in [2.24, 2.45) is 28.0 Å². The zero-order valence-corrected chi connectivity index (χ0v) is 19.1. The Morgan fingerprint density at radius 2 is 1.63 bits per heavy atom. The van der Waals surface area contributed by atoms with Crippen LogP contribution in [0.2, 0.25) is 0 Å². The van der Waals surface area contributed by atoms with E-state index in [1.54, 1.807) is 0 Å². The minimum Gasteiger partial charge on any atom is -0.158 e. The van der Waals surface area contributed by atoms with Crippen molar-refractivity contribution >= 4 is 11.9 Å². The largest absolute Gasteiger partial charge is 0.158 e. The van der Waals surface area contributed by atoms with E-state index in [2.05, 4.69) is 80.5 Å².